The monoisotopic (exact) mass is 228 g/mol. The molecule has 0 aromatic carbocycles. The molecule has 0 radical (unpaired) electrons. The maximum atomic E-state index is 5.24. The van der Waals surface area contributed by atoms with E-state index >= 15 is 0 Å². The lowest BCUT2D eigenvalue weighted by Gasteiger charge is -2.16. The predicted molar refractivity (Wildman–Crippen MR) is 64.3 cm³/mol. The van der Waals surface area contributed by atoms with Gasteiger partial charge in [-0.25, -0.2) is 4.98 Å². The Balaban J connectivity index is 2.12. The topological polar surface area (TPSA) is 38.1 Å². The Kier molecular flexibility index (Phi) is 5.19. The summed E-state index contributed by atoms with van der Waals surface area (Å²) in [5.41, 5.74) is 0.945. The van der Waals surface area contributed by atoms with Crippen molar-refractivity contribution in [1.29, 1.82) is 0 Å². The molecule has 0 spiro atoms. The average Bonchev–Trinajstić information content (AvgIpc) is 2.58. The van der Waals surface area contributed by atoms with E-state index in [1.54, 1.807) is 18.0 Å². The molecule has 15 heavy (non-hydrogen) atoms. The van der Waals surface area contributed by atoms with Gasteiger partial charge in [0, 0.05) is 18.3 Å². The molecule has 3 nitrogen and oxygen atoms in total. The first-order valence-corrected chi connectivity index (χ1v) is 6.36. The number of thioether (sulfide) groups is 1. The van der Waals surface area contributed by atoms with Gasteiger partial charge in [-0.15, -0.1) is 0 Å². The van der Waals surface area contributed by atoms with Crippen molar-refractivity contribution in [2.75, 3.05) is 12.3 Å². The highest BCUT2D eigenvalue weighted by Gasteiger charge is 2.06. The van der Waals surface area contributed by atoms with Gasteiger partial charge in [0.15, 0.2) is 0 Å². The van der Waals surface area contributed by atoms with Crippen LogP contribution in [0.1, 0.15) is 26.5 Å². The first-order valence-electron chi connectivity index (χ1n) is 5.38. The fraction of sp³-hybridized carbons (Fsp3) is 0.727. The molecule has 0 saturated heterocycles. The summed E-state index contributed by atoms with van der Waals surface area (Å²) in [4.78, 5) is 4.23. The normalized spacial score (nSPS) is 13.4. The lowest BCUT2D eigenvalue weighted by Crippen LogP contribution is -2.32. The molecule has 1 N–H and O–H groups in total. The fourth-order valence-corrected chi connectivity index (χ4v) is 1.78. The summed E-state index contributed by atoms with van der Waals surface area (Å²) in [5.74, 6) is 1.68. The van der Waals surface area contributed by atoms with Gasteiger partial charge in [0.25, 0.3) is 5.22 Å². The number of nitrogens with zero attached hydrogens (tertiary/aromatic N) is 1. The van der Waals surface area contributed by atoms with Gasteiger partial charge >= 0.3 is 0 Å². The zero-order chi connectivity index (χ0) is 11.3. The van der Waals surface area contributed by atoms with Crippen LogP contribution in [-0.4, -0.2) is 23.3 Å². The van der Waals surface area contributed by atoms with E-state index in [1.807, 2.05) is 6.92 Å². The molecule has 1 unspecified atom stereocenters. The van der Waals surface area contributed by atoms with Crippen LogP contribution in [0.25, 0.3) is 0 Å². The third-order valence-corrected chi connectivity index (χ3v) is 3.23. The first-order chi connectivity index (χ1) is 7.09. The van der Waals surface area contributed by atoms with E-state index in [9.17, 15) is 0 Å². The number of oxazole rings is 1. The zero-order valence-electron chi connectivity index (χ0n) is 9.91. The van der Waals surface area contributed by atoms with E-state index < -0.39 is 0 Å². The summed E-state index contributed by atoms with van der Waals surface area (Å²) in [6.45, 7) is 9.59. The van der Waals surface area contributed by atoms with Gasteiger partial charge in [0.05, 0.1) is 5.69 Å². The Morgan fingerprint density at radius 3 is 2.73 bits per heavy atom. The largest absolute Gasteiger partial charge is 0.440 e. The molecule has 1 atom stereocenters. The third-order valence-electron chi connectivity index (χ3n) is 2.39. The number of aryl methyl sites for hydroxylation is 1. The molecule has 4 heteroatoms. The van der Waals surface area contributed by atoms with E-state index in [1.165, 1.54) is 0 Å². The van der Waals surface area contributed by atoms with Crippen LogP contribution < -0.4 is 5.32 Å². The van der Waals surface area contributed by atoms with Gasteiger partial charge in [-0.3, -0.25) is 0 Å². The standard InChI is InChI=1S/C11H20N2OS/c1-8(2)10(4)12-5-6-15-11-13-9(3)7-14-11/h7-8,10,12H,5-6H2,1-4H3. The second-order valence-corrected chi connectivity index (χ2v) is 5.14. The molecule has 0 aliphatic rings. The minimum atomic E-state index is 0.567. The smallest absolute Gasteiger partial charge is 0.255 e. The van der Waals surface area contributed by atoms with Crippen LogP contribution in [-0.2, 0) is 0 Å². The lowest BCUT2D eigenvalue weighted by atomic mass is 10.1. The molecule has 1 aromatic rings. The maximum Gasteiger partial charge on any atom is 0.255 e. The van der Waals surface area contributed by atoms with E-state index in [-0.39, 0.29) is 0 Å². The lowest BCUT2D eigenvalue weighted by molar-refractivity contribution is 0.436. The van der Waals surface area contributed by atoms with Crippen LogP contribution in [0, 0.1) is 12.8 Å². The highest BCUT2D eigenvalue weighted by molar-refractivity contribution is 7.99. The van der Waals surface area contributed by atoms with Gasteiger partial charge in [0.1, 0.15) is 6.26 Å². The highest BCUT2D eigenvalue weighted by atomic mass is 32.2. The van der Waals surface area contributed by atoms with E-state index in [2.05, 4.69) is 31.1 Å². The molecule has 86 valence electrons. The van der Waals surface area contributed by atoms with Gasteiger partial charge in [-0.1, -0.05) is 25.6 Å². The number of rotatable bonds is 6. The zero-order valence-corrected chi connectivity index (χ0v) is 10.7. The Morgan fingerprint density at radius 1 is 1.47 bits per heavy atom. The molecule has 0 aliphatic carbocycles. The predicted octanol–water partition coefficient (Wildman–Crippen LogP) is 2.71. The van der Waals surface area contributed by atoms with Crippen molar-refractivity contribution in [3.05, 3.63) is 12.0 Å². The second kappa shape index (κ2) is 6.18. The van der Waals surface area contributed by atoms with Crippen LogP contribution in [0.4, 0.5) is 0 Å². The molecular formula is C11H20N2OS. The fourth-order valence-electron chi connectivity index (χ4n) is 1.06. The molecule has 0 aliphatic heterocycles. The molecular weight excluding hydrogens is 208 g/mol. The van der Waals surface area contributed by atoms with Crippen LogP contribution >= 0.6 is 11.8 Å². The Morgan fingerprint density at radius 2 is 2.20 bits per heavy atom. The van der Waals surface area contributed by atoms with Crippen molar-refractivity contribution in [3.63, 3.8) is 0 Å². The van der Waals surface area contributed by atoms with E-state index in [4.69, 9.17) is 4.42 Å². The highest BCUT2D eigenvalue weighted by Crippen LogP contribution is 2.15. The van der Waals surface area contributed by atoms with Crippen molar-refractivity contribution in [2.45, 2.75) is 39.0 Å². The molecule has 0 bridgehead atoms. The molecule has 0 saturated carbocycles. The van der Waals surface area contributed by atoms with Gasteiger partial charge in [-0.2, -0.15) is 0 Å². The number of hydrogen-bond acceptors (Lipinski definition) is 4. The Bertz CT molecular complexity index is 286. The van der Waals surface area contributed by atoms with Gasteiger partial charge in [-0.05, 0) is 19.8 Å². The Hall–Kier alpha value is -0.480. The number of hydrogen-bond donors (Lipinski definition) is 1. The quantitative estimate of drug-likeness (QED) is 0.600. The van der Waals surface area contributed by atoms with Crippen LogP contribution in [0.15, 0.2) is 15.9 Å². The summed E-state index contributed by atoms with van der Waals surface area (Å²) >= 11 is 1.65. The summed E-state index contributed by atoms with van der Waals surface area (Å²) in [7, 11) is 0. The first kappa shape index (κ1) is 12.6. The SMILES string of the molecule is Cc1coc(SCCNC(C)C(C)C)n1. The van der Waals surface area contributed by atoms with Crippen molar-refractivity contribution in [1.82, 2.24) is 10.3 Å². The number of nitrogens with one attached hydrogen (secondary N) is 1. The molecule has 1 heterocycles. The molecule has 1 aromatic heterocycles. The van der Waals surface area contributed by atoms with E-state index in [0.717, 1.165) is 23.2 Å². The summed E-state index contributed by atoms with van der Waals surface area (Å²) in [5, 5.41) is 4.24. The summed E-state index contributed by atoms with van der Waals surface area (Å²) in [6.07, 6.45) is 1.69. The van der Waals surface area contributed by atoms with Crippen molar-refractivity contribution >= 4 is 11.8 Å². The van der Waals surface area contributed by atoms with Gasteiger partial charge < -0.3 is 9.73 Å². The molecule has 1 rings (SSSR count). The van der Waals surface area contributed by atoms with Crippen molar-refractivity contribution in [2.24, 2.45) is 5.92 Å². The van der Waals surface area contributed by atoms with Crippen LogP contribution in [0.5, 0.6) is 0 Å². The summed E-state index contributed by atoms with van der Waals surface area (Å²) in [6, 6.07) is 0.567. The molecule has 0 amide bonds. The van der Waals surface area contributed by atoms with Gasteiger partial charge in [0.2, 0.25) is 0 Å². The third kappa shape index (κ3) is 4.71. The summed E-state index contributed by atoms with van der Waals surface area (Å²) < 4.78 is 5.24. The van der Waals surface area contributed by atoms with E-state index in [0.29, 0.717) is 12.0 Å². The van der Waals surface area contributed by atoms with Crippen LogP contribution in [0.2, 0.25) is 0 Å². The second-order valence-electron chi connectivity index (χ2n) is 4.09. The minimum absolute atomic E-state index is 0.567. The minimum Gasteiger partial charge on any atom is -0.440 e. The average molecular weight is 228 g/mol. The van der Waals surface area contributed by atoms with Crippen molar-refractivity contribution < 1.29 is 4.42 Å². The van der Waals surface area contributed by atoms with Crippen molar-refractivity contribution in [3.8, 4) is 0 Å². The Labute approximate surface area is 96.0 Å². The maximum absolute atomic E-state index is 5.24. The number of aromatic nitrogens is 1. The van der Waals surface area contributed by atoms with Crippen LogP contribution in [0.3, 0.4) is 0 Å². The molecule has 0 fully saturated rings.